The fraction of sp³-hybridized carbons (Fsp3) is 0.217. The molecule has 0 unspecified atom stereocenters. The molecule has 0 saturated heterocycles. The third-order valence-corrected chi connectivity index (χ3v) is 6.44. The Morgan fingerprint density at radius 1 is 0.969 bits per heavy atom. The molecule has 0 saturated carbocycles. The van der Waals surface area contributed by atoms with E-state index in [1.54, 1.807) is 24.3 Å². The molecule has 0 fully saturated rings. The number of amides is 3. The molecule has 0 aliphatic rings. The summed E-state index contributed by atoms with van der Waals surface area (Å²) in [6.07, 6.45) is 0.196. The van der Waals surface area contributed by atoms with Gasteiger partial charge in [0.25, 0.3) is 0 Å². The molecule has 0 aliphatic heterocycles. The zero-order valence-corrected chi connectivity index (χ0v) is 19.4. The molecule has 3 amide bonds. The molecule has 0 radical (unpaired) electrons. The Kier molecular flexibility index (Phi) is 8.41. The van der Waals surface area contributed by atoms with Crippen LogP contribution in [0.5, 0.6) is 0 Å². The summed E-state index contributed by atoms with van der Waals surface area (Å²) in [5.41, 5.74) is 3.05. The van der Waals surface area contributed by atoms with Crippen LogP contribution in [0.2, 0.25) is 0 Å². The van der Waals surface area contributed by atoms with Crippen LogP contribution in [0.1, 0.15) is 31.1 Å². The van der Waals surface area contributed by atoms with E-state index in [1.165, 1.54) is 30.0 Å². The molecule has 1 heterocycles. The topological polar surface area (TPSA) is 100 Å². The van der Waals surface area contributed by atoms with Gasteiger partial charge < -0.3 is 16.0 Å². The molecular weight excluding hydrogens is 444 g/mol. The second-order valence-corrected chi connectivity index (χ2v) is 9.16. The number of thiazole rings is 1. The van der Waals surface area contributed by atoms with Crippen molar-refractivity contribution in [1.29, 1.82) is 0 Å². The van der Waals surface area contributed by atoms with Crippen LogP contribution >= 0.6 is 23.1 Å². The van der Waals surface area contributed by atoms with Gasteiger partial charge in [-0.2, -0.15) is 0 Å². The summed E-state index contributed by atoms with van der Waals surface area (Å²) in [5.74, 6) is -0.196. The van der Waals surface area contributed by atoms with Gasteiger partial charge in [-0.1, -0.05) is 42.1 Å². The van der Waals surface area contributed by atoms with Crippen LogP contribution in [-0.2, 0) is 20.8 Å². The van der Waals surface area contributed by atoms with Crippen molar-refractivity contribution in [2.75, 3.05) is 16.4 Å². The van der Waals surface area contributed by atoms with Gasteiger partial charge in [0.05, 0.1) is 23.9 Å². The smallest absolute Gasteiger partial charge is 0.234 e. The number of nitrogens with zero attached hydrogens (tertiary/aromatic N) is 1. The fourth-order valence-electron chi connectivity index (χ4n) is 2.88. The molecule has 1 atom stereocenters. The van der Waals surface area contributed by atoms with Crippen LogP contribution in [-0.4, -0.2) is 28.5 Å². The van der Waals surface area contributed by atoms with E-state index in [-0.39, 0.29) is 35.9 Å². The van der Waals surface area contributed by atoms with Crippen molar-refractivity contribution in [2.45, 2.75) is 30.6 Å². The van der Waals surface area contributed by atoms with E-state index in [0.29, 0.717) is 17.1 Å². The standard InChI is InChI=1S/C23H24N4O3S2/c1-15(17-6-4-3-5-7-17)24-21(29)12-20-13-31-23(27-20)32-14-22(30)26-19-10-8-18(9-11-19)25-16(2)28/h3-11,13,15H,12,14H2,1-2H3,(H,24,29)(H,25,28)(H,26,30)/t15-/m1/s1. The highest BCUT2D eigenvalue weighted by molar-refractivity contribution is 8.01. The van der Waals surface area contributed by atoms with Crippen molar-refractivity contribution < 1.29 is 14.4 Å². The molecule has 0 spiro atoms. The number of anilines is 2. The zero-order valence-electron chi connectivity index (χ0n) is 17.8. The van der Waals surface area contributed by atoms with Gasteiger partial charge in [0.15, 0.2) is 4.34 Å². The quantitative estimate of drug-likeness (QED) is 0.408. The van der Waals surface area contributed by atoms with Crippen molar-refractivity contribution >= 4 is 52.2 Å². The molecule has 0 bridgehead atoms. The molecule has 7 nitrogen and oxygen atoms in total. The van der Waals surface area contributed by atoms with Crippen LogP contribution in [0.4, 0.5) is 11.4 Å². The average Bonchev–Trinajstić information content (AvgIpc) is 3.21. The van der Waals surface area contributed by atoms with Gasteiger partial charge in [-0.15, -0.1) is 11.3 Å². The van der Waals surface area contributed by atoms with E-state index in [2.05, 4.69) is 20.9 Å². The maximum Gasteiger partial charge on any atom is 0.234 e. The number of benzene rings is 2. The van der Waals surface area contributed by atoms with Gasteiger partial charge in [-0.25, -0.2) is 4.98 Å². The maximum absolute atomic E-state index is 12.3. The lowest BCUT2D eigenvalue weighted by Crippen LogP contribution is -2.28. The summed E-state index contributed by atoms with van der Waals surface area (Å²) < 4.78 is 0.736. The van der Waals surface area contributed by atoms with Crippen molar-refractivity contribution in [3.63, 3.8) is 0 Å². The Hall–Kier alpha value is -3.17. The summed E-state index contributed by atoms with van der Waals surface area (Å²) >= 11 is 2.74. The molecular formula is C23H24N4O3S2. The highest BCUT2D eigenvalue weighted by Crippen LogP contribution is 2.23. The zero-order chi connectivity index (χ0) is 22.9. The molecule has 166 valence electrons. The maximum atomic E-state index is 12.3. The lowest BCUT2D eigenvalue weighted by molar-refractivity contribution is -0.121. The number of aromatic nitrogens is 1. The molecule has 3 aromatic rings. The summed E-state index contributed by atoms with van der Waals surface area (Å²) in [6.45, 7) is 3.39. The largest absolute Gasteiger partial charge is 0.349 e. The fourth-order valence-corrected chi connectivity index (χ4v) is 4.53. The van der Waals surface area contributed by atoms with Crippen molar-refractivity contribution in [3.8, 4) is 0 Å². The minimum Gasteiger partial charge on any atom is -0.349 e. The molecule has 3 N–H and O–H groups in total. The van der Waals surface area contributed by atoms with Crippen LogP contribution in [0.25, 0.3) is 0 Å². The lowest BCUT2D eigenvalue weighted by atomic mass is 10.1. The predicted octanol–water partition coefficient (Wildman–Crippen LogP) is 4.25. The Labute approximate surface area is 195 Å². The number of thioether (sulfide) groups is 1. The molecule has 32 heavy (non-hydrogen) atoms. The van der Waals surface area contributed by atoms with Crippen LogP contribution in [0, 0.1) is 0 Å². The third-order valence-electron chi connectivity index (χ3n) is 4.37. The summed E-state index contributed by atoms with van der Waals surface area (Å²) in [7, 11) is 0. The Morgan fingerprint density at radius 3 is 2.28 bits per heavy atom. The minimum atomic E-state index is -0.159. The van der Waals surface area contributed by atoms with E-state index >= 15 is 0 Å². The van der Waals surface area contributed by atoms with Gasteiger partial charge in [0.2, 0.25) is 17.7 Å². The number of hydrogen-bond donors (Lipinski definition) is 3. The molecule has 2 aromatic carbocycles. The SMILES string of the molecule is CC(=O)Nc1ccc(NC(=O)CSc2nc(CC(=O)N[C@H](C)c3ccccc3)cs2)cc1. The van der Waals surface area contributed by atoms with Crippen molar-refractivity contribution in [1.82, 2.24) is 10.3 Å². The third kappa shape index (κ3) is 7.51. The number of nitrogens with one attached hydrogen (secondary N) is 3. The predicted molar refractivity (Wildman–Crippen MR) is 129 cm³/mol. The van der Waals surface area contributed by atoms with E-state index in [4.69, 9.17) is 0 Å². The van der Waals surface area contributed by atoms with Crippen molar-refractivity contribution in [2.24, 2.45) is 0 Å². The van der Waals surface area contributed by atoms with E-state index in [0.717, 1.165) is 9.90 Å². The Bertz CT molecular complexity index is 1070. The lowest BCUT2D eigenvalue weighted by Gasteiger charge is -2.13. The van der Waals surface area contributed by atoms with Gasteiger partial charge in [-0.05, 0) is 36.8 Å². The second kappa shape index (κ2) is 11.4. The Balaban J connectivity index is 1.43. The monoisotopic (exact) mass is 468 g/mol. The molecule has 1 aromatic heterocycles. The van der Waals surface area contributed by atoms with E-state index < -0.39 is 0 Å². The molecule has 0 aliphatic carbocycles. The molecule has 9 heteroatoms. The second-order valence-electron chi connectivity index (χ2n) is 7.08. The highest BCUT2D eigenvalue weighted by atomic mass is 32.2. The number of carbonyl (C=O) groups is 3. The van der Waals surface area contributed by atoms with Crippen LogP contribution < -0.4 is 16.0 Å². The first kappa shape index (κ1) is 23.5. The van der Waals surface area contributed by atoms with Gasteiger partial charge in [0.1, 0.15) is 0 Å². The first-order chi connectivity index (χ1) is 15.4. The van der Waals surface area contributed by atoms with Crippen molar-refractivity contribution in [3.05, 3.63) is 71.2 Å². The first-order valence-electron chi connectivity index (χ1n) is 9.98. The summed E-state index contributed by atoms with van der Waals surface area (Å²) in [5, 5.41) is 10.3. The van der Waals surface area contributed by atoms with E-state index in [9.17, 15) is 14.4 Å². The number of carbonyl (C=O) groups excluding carboxylic acids is 3. The van der Waals surface area contributed by atoms with Gasteiger partial charge >= 0.3 is 0 Å². The highest BCUT2D eigenvalue weighted by Gasteiger charge is 2.13. The first-order valence-corrected chi connectivity index (χ1v) is 11.8. The normalized spacial score (nSPS) is 11.4. The van der Waals surface area contributed by atoms with Gasteiger partial charge in [-0.3, -0.25) is 14.4 Å². The van der Waals surface area contributed by atoms with Crippen LogP contribution in [0.3, 0.4) is 0 Å². The number of rotatable bonds is 9. The Morgan fingerprint density at radius 2 is 1.62 bits per heavy atom. The van der Waals surface area contributed by atoms with Crippen LogP contribution in [0.15, 0.2) is 64.3 Å². The van der Waals surface area contributed by atoms with Gasteiger partial charge in [0, 0.05) is 23.7 Å². The summed E-state index contributed by atoms with van der Waals surface area (Å²) in [6, 6.07) is 16.6. The average molecular weight is 469 g/mol. The minimum absolute atomic E-state index is 0.0767. The van der Waals surface area contributed by atoms with E-state index in [1.807, 2.05) is 42.6 Å². The molecule has 3 rings (SSSR count). The summed E-state index contributed by atoms with van der Waals surface area (Å²) in [4.78, 5) is 40.0. The number of hydrogen-bond acceptors (Lipinski definition) is 6.